The second-order valence-corrected chi connectivity index (χ2v) is 12.2. The standard InChI is InChI=1S/C30H26N4O2P2/c1-23(33-34-31)29(35-37(25-15-7-3-8-16-25)26-17-9-4-10-18-26)30(24(2)32-30)36-38(27-19-11-5-12-20-27)28-21-13-6-14-22-28/h3-22H,1-2H3/b29-23+. The Hall–Kier alpha value is -3.78. The third-order valence-corrected chi connectivity index (χ3v) is 9.85. The second-order valence-electron chi connectivity index (χ2n) is 8.56. The van der Waals surface area contributed by atoms with Gasteiger partial charge in [0.15, 0.2) is 13.9 Å². The van der Waals surface area contributed by atoms with Crippen LogP contribution in [0.4, 0.5) is 0 Å². The van der Waals surface area contributed by atoms with Crippen LogP contribution in [0.5, 0.6) is 0 Å². The number of allylic oxidation sites excluding steroid dienone is 1. The lowest BCUT2D eigenvalue weighted by atomic mass is 10.2. The molecule has 1 unspecified atom stereocenters. The van der Waals surface area contributed by atoms with Gasteiger partial charge in [-0.2, -0.15) is 0 Å². The van der Waals surface area contributed by atoms with Gasteiger partial charge in [-0.3, -0.25) is 0 Å². The second kappa shape index (κ2) is 11.7. The first-order chi connectivity index (χ1) is 18.6. The Kier molecular flexibility index (Phi) is 7.98. The van der Waals surface area contributed by atoms with Gasteiger partial charge >= 0.3 is 0 Å². The van der Waals surface area contributed by atoms with Crippen molar-refractivity contribution in [3.63, 3.8) is 0 Å². The predicted octanol–water partition coefficient (Wildman–Crippen LogP) is 6.83. The highest BCUT2D eigenvalue weighted by atomic mass is 31.1. The zero-order valence-corrected chi connectivity index (χ0v) is 22.8. The monoisotopic (exact) mass is 536 g/mol. The molecule has 38 heavy (non-hydrogen) atoms. The van der Waals surface area contributed by atoms with Crippen LogP contribution in [0.25, 0.3) is 10.4 Å². The number of azide groups is 1. The zero-order valence-electron chi connectivity index (χ0n) is 21.0. The fraction of sp³-hybridized carbons (Fsp3) is 0.100. The van der Waals surface area contributed by atoms with Crippen LogP contribution >= 0.6 is 16.3 Å². The Morgan fingerprint density at radius 1 is 0.711 bits per heavy atom. The molecular formula is C30H26N4O2P2. The average molecular weight is 537 g/mol. The Balaban J connectivity index is 1.59. The molecule has 5 rings (SSSR count). The SMILES string of the molecule is CC1=NC1(OP(c1ccccc1)c1ccccc1)/C(OP(c1ccccc1)c1ccccc1)=C(/C)N=[N+]=[N-]. The van der Waals surface area contributed by atoms with Gasteiger partial charge in [-0.25, -0.2) is 4.99 Å². The predicted molar refractivity (Wildman–Crippen MR) is 158 cm³/mol. The highest BCUT2D eigenvalue weighted by Gasteiger charge is 2.55. The third-order valence-electron chi connectivity index (χ3n) is 5.97. The van der Waals surface area contributed by atoms with Crippen LogP contribution in [0.3, 0.4) is 0 Å². The van der Waals surface area contributed by atoms with Gasteiger partial charge in [0.2, 0.25) is 0 Å². The highest BCUT2D eigenvalue weighted by molar-refractivity contribution is 7.69. The lowest BCUT2D eigenvalue weighted by molar-refractivity contribution is 0.201. The molecule has 0 bridgehead atoms. The molecule has 0 aliphatic carbocycles. The van der Waals surface area contributed by atoms with Crippen molar-refractivity contribution in [2.24, 2.45) is 10.1 Å². The first-order valence-electron chi connectivity index (χ1n) is 12.1. The summed E-state index contributed by atoms with van der Waals surface area (Å²) in [7, 11) is -2.56. The molecule has 0 N–H and O–H groups in total. The molecule has 0 fully saturated rings. The summed E-state index contributed by atoms with van der Waals surface area (Å²) in [5.74, 6) is 0.422. The summed E-state index contributed by atoms with van der Waals surface area (Å²) in [4.78, 5) is 7.84. The summed E-state index contributed by atoms with van der Waals surface area (Å²) in [5, 5.41) is 8.12. The molecule has 0 radical (unpaired) electrons. The maximum Gasteiger partial charge on any atom is 0.260 e. The van der Waals surface area contributed by atoms with Crippen molar-refractivity contribution in [2.75, 3.05) is 0 Å². The minimum absolute atomic E-state index is 0.392. The Morgan fingerprint density at radius 3 is 1.42 bits per heavy atom. The van der Waals surface area contributed by atoms with E-state index in [1.165, 1.54) is 0 Å². The van der Waals surface area contributed by atoms with Crippen molar-refractivity contribution in [1.29, 1.82) is 0 Å². The molecule has 8 heteroatoms. The molecule has 1 aliphatic rings. The molecule has 4 aromatic carbocycles. The van der Waals surface area contributed by atoms with Crippen LogP contribution in [0.2, 0.25) is 0 Å². The number of hydrogen-bond acceptors (Lipinski definition) is 4. The summed E-state index contributed by atoms with van der Waals surface area (Å²) in [5.41, 5.74) is 9.36. The number of benzene rings is 4. The number of hydrogen-bond donors (Lipinski definition) is 0. The Morgan fingerprint density at radius 2 is 1.08 bits per heavy atom. The van der Waals surface area contributed by atoms with Gasteiger partial charge in [0.1, 0.15) is 0 Å². The van der Waals surface area contributed by atoms with Gasteiger partial charge in [-0.05, 0) is 19.4 Å². The summed E-state index contributed by atoms with van der Waals surface area (Å²) >= 11 is 0. The lowest BCUT2D eigenvalue weighted by Gasteiger charge is -2.30. The summed E-state index contributed by atoms with van der Waals surface area (Å²) < 4.78 is 13.8. The molecule has 0 aromatic heterocycles. The molecule has 6 nitrogen and oxygen atoms in total. The molecule has 1 heterocycles. The number of aliphatic imine (C=N–C) groups is 1. The Bertz CT molecular complexity index is 1410. The molecule has 1 aliphatic heterocycles. The first-order valence-corrected chi connectivity index (χ1v) is 14.7. The summed E-state index contributed by atoms with van der Waals surface area (Å²) in [6, 6.07) is 40.4. The van der Waals surface area contributed by atoms with Crippen molar-refractivity contribution in [3.8, 4) is 0 Å². The fourth-order valence-electron chi connectivity index (χ4n) is 4.02. The normalized spacial score (nSPS) is 16.9. The smallest absolute Gasteiger partial charge is 0.260 e. The maximum absolute atomic E-state index is 9.34. The maximum atomic E-state index is 9.34. The topological polar surface area (TPSA) is 79.6 Å². The van der Waals surface area contributed by atoms with E-state index in [0.717, 1.165) is 26.9 Å². The molecule has 0 saturated carbocycles. The van der Waals surface area contributed by atoms with Crippen LogP contribution in [0.15, 0.2) is 143 Å². The molecule has 0 amide bonds. The molecule has 1 atom stereocenters. The van der Waals surface area contributed by atoms with E-state index in [0.29, 0.717) is 11.5 Å². The van der Waals surface area contributed by atoms with Gasteiger partial charge < -0.3 is 9.05 Å². The van der Waals surface area contributed by atoms with E-state index in [-0.39, 0.29) is 0 Å². The fourth-order valence-corrected chi connectivity index (χ4v) is 7.77. The average Bonchev–Trinajstić information content (AvgIpc) is 3.63. The third kappa shape index (κ3) is 5.55. The van der Waals surface area contributed by atoms with Crippen LogP contribution < -0.4 is 21.2 Å². The van der Waals surface area contributed by atoms with Gasteiger partial charge in [0.05, 0.1) is 19.6 Å². The minimum Gasteiger partial charge on any atom is -0.463 e. The van der Waals surface area contributed by atoms with Crippen molar-refractivity contribution >= 4 is 43.2 Å². The minimum atomic E-state index is -1.30. The van der Waals surface area contributed by atoms with Crippen molar-refractivity contribution < 1.29 is 9.05 Å². The molecule has 4 aromatic rings. The van der Waals surface area contributed by atoms with E-state index < -0.39 is 22.0 Å². The van der Waals surface area contributed by atoms with Gasteiger partial charge in [0, 0.05) is 26.1 Å². The van der Waals surface area contributed by atoms with E-state index >= 15 is 0 Å². The van der Waals surface area contributed by atoms with E-state index in [1.807, 2.05) is 104 Å². The molecule has 188 valence electrons. The zero-order chi connectivity index (χ0) is 26.4. The van der Waals surface area contributed by atoms with E-state index in [1.54, 1.807) is 6.92 Å². The first kappa shape index (κ1) is 25.9. The van der Waals surface area contributed by atoms with Gasteiger partial charge in [-0.15, -0.1) is 0 Å². The van der Waals surface area contributed by atoms with E-state index in [4.69, 9.17) is 14.0 Å². The lowest BCUT2D eigenvalue weighted by Crippen LogP contribution is -2.30. The Labute approximate surface area is 225 Å². The quantitative estimate of drug-likeness (QED) is 0.0732. The molecule has 0 saturated heterocycles. The van der Waals surface area contributed by atoms with E-state index in [9.17, 15) is 5.53 Å². The van der Waals surface area contributed by atoms with E-state index in [2.05, 4.69) is 34.3 Å². The number of rotatable bonds is 10. The van der Waals surface area contributed by atoms with Gasteiger partial charge in [-0.1, -0.05) is 126 Å². The van der Waals surface area contributed by atoms with Crippen molar-refractivity contribution in [2.45, 2.75) is 19.6 Å². The van der Waals surface area contributed by atoms with Crippen molar-refractivity contribution in [1.82, 2.24) is 0 Å². The largest absolute Gasteiger partial charge is 0.463 e. The van der Waals surface area contributed by atoms with Crippen LogP contribution in [0.1, 0.15) is 13.8 Å². The van der Waals surface area contributed by atoms with Crippen LogP contribution in [0, 0.1) is 0 Å². The summed E-state index contributed by atoms with van der Waals surface area (Å²) in [6.45, 7) is 3.67. The van der Waals surface area contributed by atoms with Gasteiger partial charge in [0.25, 0.3) is 5.72 Å². The molecular weight excluding hydrogens is 510 g/mol. The molecule has 0 spiro atoms. The number of nitrogens with zero attached hydrogens (tertiary/aromatic N) is 4. The van der Waals surface area contributed by atoms with Crippen LogP contribution in [-0.4, -0.2) is 11.4 Å². The highest BCUT2D eigenvalue weighted by Crippen LogP contribution is 2.53. The van der Waals surface area contributed by atoms with Crippen molar-refractivity contribution in [3.05, 3.63) is 143 Å². The van der Waals surface area contributed by atoms with Crippen LogP contribution in [-0.2, 0) is 9.05 Å². The summed E-state index contributed by atoms with van der Waals surface area (Å²) in [6.07, 6.45) is 0.